The van der Waals surface area contributed by atoms with Crippen LogP contribution >= 0.6 is 0 Å². The highest BCUT2D eigenvalue weighted by atomic mass is 16.5. The summed E-state index contributed by atoms with van der Waals surface area (Å²) in [4.78, 5) is 14.0. The number of carbonyl (C=O) groups is 1. The van der Waals surface area contributed by atoms with Gasteiger partial charge in [-0.1, -0.05) is 0 Å². The summed E-state index contributed by atoms with van der Waals surface area (Å²) in [5, 5.41) is 6.24. The Hall–Kier alpha value is -0.650. The van der Waals surface area contributed by atoms with Crippen LogP contribution in [0.2, 0.25) is 0 Å². The fourth-order valence-electron chi connectivity index (χ4n) is 2.86. The van der Waals surface area contributed by atoms with Crippen LogP contribution in [0.1, 0.15) is 25.7 Å². The second kappa shape index (κ2) is 7.07. The van der Waals surface area contributed by atoms with Gasteiger partial charge in [0.2, 0.25) is 5.91 Å². The summed E-state index contributed by atoms with van der Waals surface area (Å²) in [6, 6.07) is 0.602. The zero-order valence-corrected chi connectivity index (χ0v) is 11.3. The topological polar surface area (TPSA) is 53.6 Å². The number of ether oxygens (including phenoxy) is 1. The van der Waals surface area contributed by atoms with Crippen LogP contribution in [0.5, 0.6) is 0 Å². The fourth-order valence-corrected chi connectivity index (χ4v) is 2.86. The van der Waals surface area contributed by atoms with E-state index < -0.39 is 0 Å². The van der Waals surface area contributed by atoms with Gasteiger partial charge in [0.05, 0.1) is 13.2 Å². The van der Waals surface area contributed by atoms with Crippen molar-refractivity contribution in [2.45, 2.75) is 37.8 Å². The van der Waals surface area contributed by atoms with Gasteiger partial charge in [-0.05, 0) is 38.8 Å². The largest absolute Gasteiger partial charge is 0.378 e. The summed E-state index contributed by atoms with van der Waals surface area (Å²) < 4.78 is 5.40. The maximum absolute atomic E-state index is 11.8. The van der Waals surface area contributed by atoms with Crippen LogP contribution < -0.4 is 10.6 Å². The van der Waals surface area contributed by atoms with Crippen molar-refractivity contribution >= 4 is 5.91 Å². The molecule has 0 radical (unpaired) electrons. The fraction of sp³-hybridized carbons (Fsp3) is 0.923. The summed E-state index contributed by atoms with van der Waals surface area (Å²) in [5.41, 5.74) is 0. The molecule has 1 amide bonds. The van der Waals surface area contributed by atoms with Crippen molar-refractivity contribution < 1.29 is 9.53 Å². The Morgan fingerprint density at radius 3 is 3.17 bits per heavy atom. The van der Waals surface area contributed by atoms with Gasteiger partial charge in [-0.2, -0.15) is 0 Å². The van der Waals surface area contributed by atoms with E-state index in [4.69, 9.17) is 4.74 Å². The maximum Gasteiger partial charge on any atom is 0.239 e. The molecule has 0 bridgehead atoms. The first-order valence-corrected chi connectivity index (χ1v) is 7.08. The summed E-state index contributed by atoms with van der Waals surface area (Å²) in [5.74, 6) is 0.0775. The Labute approximate surface area is 109 Å². The number of likely N-dealkylation sites (N-methyl/N-ethyl adjacent to an activating group) is 1. The Kier molecular flexibility index (Phi) is 5.41. The van der Waals surface area contributed by atoms with Crippen molar-refractivity contribution in [3.05, 3.63) is 0 Å². The molecule has 2 fully saturated rings. The average molecular weight is 255 g/mol. The highest BCUT2D eigenvalue weighted by Crippen LogP contribution is 2.13. The van der Waals surface area contributed by atoms with Gasteiger partial charge in [-0.15, -0.1) is 0 Å². The summed E-state index contributed by atoms with van der Waals surface area (Å²) in [6.45, 7) is 4.31. The minimum Gasteiger partial charge on any atom is -0.378 e. The SMILES string of the molecule is CNC(=O)C1COCCN1CCCC1CCCN1. The molecule has 2 aliphatic rings. The van der Waals surface area contributed by atoms with E-state index in [1.165, 1.54) is 25.8 Å². The molecule has 2 heterocycles. The van der Waals surface area contributed by atoms with E-state index in [1.54, 1.807) is 7.05 Å². The van der Waals surface area contributed by atoms with Gasteiger partial charge >= 0.3 is 0 Å². The molecular formula is C13H25N3O2. The Balaban J connectivity index is 1.72. The molecule has 2 rings (SSSR count). The molecule has 0 aromatic rings. The number of hydrogen-bond acceptors (Lipinski definition) is 4. The number of morpholine rings is 1. The Morgan fingerprint density at radius 1 is 1.56 bits per heavy atom. The predicted molar refractivity (Wildman–Crippen MR) is 70.5 cm³/mol. The van der Waals surface area contributed by atoms with E-state index >= 15 is 0 Å². The highest BCUT2D eigenvalue weighted by molar-refractivity contribution is 5.81. The van der Waals surface area contributed by atoms with Gasteiger partial charge in [-0.25, -0.2) is 0 Å². The minimum absolute atomic E-state index is 0.0775. The van der Waals surface area contributed by atoms with Crippen LogP contribution in [0.15, 0.2) is 0 Å². The number of nitrogens with zero attached hydrogens (tertiary/aromatic N) is 1. The molecule has 2 aliphatic heterocycles. The maximum atomic E-state index is 11.8. The van der Waals surface area contributed by atoms with Crippen molar-refractivity contribution in [3.63, 3.8) is 0 Å². The Bertz CT molecular complexity index is 267. The molecule has 18 heavy (non-hydrogen) atoms. The van der Waals surface area contributed by atoms with Gasteiger partial charge in [0, 0.05) is 19.6 Å². The second-order valence-electron chi connectivity index (χ2n) is 5.18. The molecule has 2 atom stereocenters. The standard InChI is InChI=1S/C13H25N3O2/c1-14-13(17)12-10-18-9-8-16(12)7-3-5-11-4-2-6-15-11/h11-12,15H,2-10H2,1H3,(H,14,17). The number of nitrogens with one attached hydrogen (secondary N) is 2. The lowest BCUT2D eigenvalue weighted by atomic mass is 10.1. The van der Waals surface area contributed by atoms with Gasteiger partial charge < -0.3 is 15.4 Å². The van der Waals surface area contributed by atoms with E-state index in [0.717, 1.165) is 26.1 Å². The van der Waals surface area contributed by atoms with Crippen LogP contribution in [0.25, 0.3) is 0 Å². The van der Waals surface area contributed by atoms with Gasteiger partial charge in [0.25, 0.3) is 0 Å². The summed E-state index contributed by atoms with van der Waals surface area (Å²) in [7, 11) is 1.69. The van der Waals surface area contributed by atoms with Crippen LogP contribution in [0, 0.1) is 0 Å². The third-order valence-electron chi connectivity index (χ3n) is 3.95. The molecule has 2 N–H and O–H groups in total. The van der Waals surface area contributed by atoms with Gasteiger partial charge in [0.15, 0.2) is 0 Å². The van der Waals surface area contributed by atoms with E-state index in [-0.39, 0.29) is 11.9 Å². The zero-order valence-electron chi connectivity index (χ0n) is 11.3. The van der Waals surface area contributed by atoms with Crippen LogP contribution in [0.4, 0.5) is 0 Å². The van der Waals surface area contributed by atoms with Crippen molar-refractivity contribution in [2.24, 2.45) is 0 Å². The molecule has 104 valence electrons. The van der Waals surface area contributed by atoms with Crippen molar-refractivity contribution in [1.82, 2.24) is 15.5 Å². The number of amides is 1. The van der Waals surface area contributed by atoms with Crippen molar-refractivity contribution in [3.8, 4) is 0 Å². The molecule has 2 saturated heterocycles. The van der Waals surface area contributed by atoms with Crippen molar-refractivity contribution in [2.75, 3.05) is 39.9 Å². The van der Waals surface area contributed by atoms with Crippen LogP contribution in [-0.2, 0) is 9.53 Å². The lowest BCUT2D eigenvalue weighted by Gasteiger charge is -2.34. The number of rotatable bonds is 5. The monoisotopic (exact) mass is 255 g/mol. The molecule has 0 spiro atoms. The zero-order chi connectivity index (χ0) is 12.8. The highest BCUT2D eigenvalue weighted by Gasteiger charge is 2.28. The third kappa shape index (κ3) is 3.67. The first-order chi connectivity index (χ1) is 8.81. The molecular weight excluding hydrogens is 230 g/mol. The lowest BCUT2D eigenvalue weighted by Crippen LogP contribution is -2.53. The predicted octanol–water partition coefficient (Wildman–Crippen LogP) is -0.0346. The smallest absolute Gasteiger partial charge is 0.239 e. The van der Waals surface area contributed by atoms with Crippen LogP contribution in [0.3, 0.4) is 0 Å². The van der Waals surface area contributed by atoms with E-state index in [0.29, 0.717) is 12.6 Å². The molecule has 5 nitrogen and oxygen atoms in total. The molecule has 2 unspecified atom stereocenters. The molecule has 0 aromatic carbocycles. The normalized spacial score (nSPS) is 29.4. The molecule has 0 saturated carbocycles. The summed E-state index contributed by atoms with van der Waals surface area (Å²) >= 11 is 0. The number of carbonyl (C=O) groups excluding carboxylic acids is 1. The molecule has 0 aliphatic carbocycles. The quantitative estimate of drug-likeness (QED) is 0.724. The van der Waals surface area contributed by atoms with E-state index in [2.05, 4.69) is 15.5 Å². The first kappa shape index (κ1) is 13.8. The number of hydrogen-bond donors (Lipinski definition) is 2. The minimum atomic E-state index is -0.0970. The van der Waals surface area contributed by atoms with Gasteiger partial charge in [-0.3, -0.25) is 9.69 Å². The first-order valence-electron chi connectivity index (χ1n) is 7.08. The third-order valence-corrected chi connectivity index (χ3v) is 3.95. The Morgan fingerprint density at radius 2 is 2.44 bits per heavy atom. The van der Waals surface area contributed by atoms with E-state index in [1.807, 2.05) is 0 Å². The molecule has 0 aromatic heterocycles. The van der Waals surface area contributed by atoms with Crippen molar-refractivity contribution in [1.29, 1.82) is 0 Å². The average Bonchev–Trinajstić information content (AvgIpc) is 2.92. The lowest BCUT2D eigenvalue weighted by molar-refractivity contribution is -0.132. The van der Waals surface area contributed by atoms with Gasteiger partial charge in [0.1, 0.15) is 6.04 Å². The molecule has 5 heteroatoms. The summed E-state index contributed by atoms with van der Waals surface area (Å²) in [6.07, 6.45) is 4.99. The second-order valence-corrected chi connectivity index (χ2v) is 5.18. The van der Waals surface area contributed by atoms with Crippen LogP contribution in [-0.4, -0.2) is 62.8 Å². The van der Waals surface area contributed by atoms with E-state index in [9.17, 15) is 4.79 Å².